The number of nitrogens with zero attached hydrogens (tertiary/aromatic N) is 5. The number of likely N-dealkylation sites (tertiary alicyclic amines) is 2. The summed E-state index contributed by atoms with van der Waals surface area (Å²) < 4.78 is 43.2. The lowest BCUT2D eigenvalue weighted by Gasteiger charge is -2.37. The number of anilines is 1. The van der Waals surface area contributed by atoms with Crippen molar-refractivity contribution in [2.45, 2.75) is 43.0 Å². The second-order valence-corrected chi connectivity index (χ2v) is 13.2. The SMILES string of the molecule is COc1ccc(N(CCCN2CCC(N3CCCC3)CC2)S(=O)(=O)c2ccc3c(c2)c2ccccc2n3C)c(OC)n1. The maximum Gasteiger partial charge on any atom is 0.264 e. The predicted molar refractivity (Wildman–Crippen MR) is 167 cm³/mol. The van der Waals surface area contributed by atoms with Crippen molar-refractivity contribution in [3.05, 3.63) is 54.6 Å². The van der Waals surface area contributed by atoms with Crippen molar-refractivity contribution in [2.75, 3.05) is 57.8 Å². The lowest BCUT2D eigenvalue weighted by molar-refractivity contribution is 0.126. The van der Waals surface area contributed by atoms with E-state index in [0.29, 0.717) is 30.6 Å². The molecule has 2 saturated heterocycles. The van der Waals surface area contributed by atoms with E-state index < -0.39 is 10.0 Å². The number of rotatable bonds is 10. The Labute approximate surface area is 248 Å². The van der Waals surface area contributed by atoms with Gasteiger partial charge in [0.25, 0.3) is 10.0 Å². The fourth-order valence-corrected chi connectivity index (χ4v) is 8.26. The topological polar surface area (TPSA) is 80.1 Å². The number of hydrogen-bond donors (Lipinski definition) is 0. The van der Waals surface area contributed by atoms with Crippen LogP contribution in [-0.2, 0) is 17.1 Å². The van der Waals surface area contributed by atoms with Crippen LogP contribution in [0.15, 0.2) is 59.5 Å². The summed E-state index contributed by atoms with van der Waals surface area (Å²) in [5.74, 6) is 0.585. The Morgan fingerprint density at radius 3 is 2.38 bits per heavy atom. The largest absolute Gasteiger partial charge is 0.481 e. The summed E-state index contributed by atoms with van der Waals surface area (Å²) in [5.41, 5.74) is 2.46. The van der Waals surface area contributed by atoms with E-state index in [4.69, 9.17) is 9.47 Å². The molecule has 2 aromatic carbocycles. The Morgan fingerprint density at radius 1 is 0.905 bits per heavy atom. The number of fused-ring (bicyclic) bond motifs is 3. The minimum Gasteiger partial charge on any atom is -0.481 e. The summed E-state index contributed by atoms with van der Waals surface area (Å²) in [6.07, 6.45) is 5.70. The van der Waals surface area contributed by atoms with Crippen molar-refractivity contribution in [1.29, 1.82) is 0 Å². The molecule has 4 aromatic rings. The number of aromatic nitrogens is 2. The first-order valence-corrected chi connectivity index (χ1v) is 16.4. The number of methoxy groups -OCH3 is 2. The molecule has 0 saturated carbocycles. The molecular weight excluding hydrogens is 550 g/mol. The molecule has 42 heavy (non-hydrogen) atoms. The summed E-state index contributed by atoms with van der Waals surface area (Å²) in [6.45, 7) is 5.73. The quantitative estimate of drug-likeness (QED) is 0.260. The Balaban J connectivity index is 1.27. The third-order valence-corrected chi connectivity index (χ3v) is 10.8. The summed E-state index contributed by atoms with van der Waals surface area (Å²) in [7, 11) is 1.10. The first-order valence-electron chi connectivity index (χ1n) is 15.0. The molecule has 6 rings (SSSR count). The fourth-order valence-electron chi connectivity index (χ4n) is 6.73. The predicted octanol–water partition coefficient (Wildman–Crippen LogP) is 4.89. The highest BCUT2D eigenvalue weighted by Crippen LogP contribution is 2.35. The second-order valence-electron chi connectivity index (χ2n) is 11.4. The van der Waals surface area contributed by atoms with Crippen molar-refractivity contribution in [3.8, 4) is 11.8 Å². The van der Waals surface area contributed by atoms with Gasteiger partial charge in [0, 0.05) is 47.5 Å². The van der Waals surface area contributed by atoms with Crippen LogP contribution in [0.5, 0.6) is 11.8 Å². The van der Waals surface area contributed by atoms with Gasteiger partial charge in [0.1, 0.15) is 5.69 Å². The molecular formula is C32H41N5O4S. The average molecular weight is 592 g/mol. The summed E-state index contributed by atoms with van der Waals surface area (Å²) in [5, 5.41) is 1.94. The minimum absolute atomic E-state index is 0.218. The van der Waals surface area contributed by atoms with Crippen molar-refractivity contribution >= 4 is 37.5 Å². The van der Waals surface area contributed by atoms with Gasteiger partial charge in [0.15, 0.2) is 0 Å². The van der Waals surface area contributed by atoms with E-state index in [0.717, 1.165) is 41.4 Å². The van der Waals surface area contributed by atoms with Crippen LogP contribution in [0.25, 0.3) is 21.8 Å². The molecule has 0 spiro atoms. The number of pyridine rings is 1. The lowest BCUT2D eigenvalue weighted by atomic mass is 10.0. The van der Waals surface area contributed by atoms with Gasteiger partial charge < -0.3 is 23.8 Å². The van der Waals surface area contributed by atoms with Gasteiger partial charge in [0.05, 0.1) is 19.1 Å². The Bertz CT molecular complexity index is 1660. The molecule has 0 unspecified atom stereocenters. The monoisotopic (exact) mass is 591 g/mol. The second kappa shape index (κ2) is 12.1. The number of benzene rings is 2. The molecule has 224 valence electrons. The van der Waals surface area contributed by atoms with E-state index in [9.17, 15) is 8.42 Å². The highest BCUT2D eigenvalue weighted by Gasteiger charge is 2.30. The Hall–Kier alpha value is -3.34. The molecule has 2 aliphatic rings. The van der Waals surface area contributed by atoms with Gasteiger partial charge >= 0.3 is 0 Å². The van der Waals surface area contributed by atoms with Crippen molar-refractivity contribution in [3.63, 3.8) is 0 Å². The molecule has 0 aliphatic carbocycles. The third kappa shape index (κ3) is 5.43. The van der Waals surface area contributed by atoms with E-state index in [-0.39, 0.29) is 10.8 Å². The van der Waals surface area contributed by atoms with Crippen molar-refractivity contribution in [1.82, 2.24) is 19.4 Å². The number of piperidine rings is 1. The zero-order valence-corrected chi connectivity index (χ0v) is 25.6. The van der Waals surface area contributed by atoms with Crippen LogP contribution in [0.3, 0.4) is 0 Å². The molecule has 2 fully saturated rings. The standard InChI is InChI=1S/C32H41N5O4S/c1-34-28-10-5-4-9-26(28)27-23-25(11-12-29(27)34)42(38,39)37(30-13-14-31(40-2)33-32(30)41-3)20-8-17-35-21-15-24(16-22-35)36-18-6-7-19-36/h4-5,9-14,23-24H,6-8,15-22H2,1-3H3. The van der Waals surface area contributed by atoms with Crippen LogP contribution >= 0.6 is 0 Å². The van der Waals surface area contributed by atoms with Crippen LogP contribution in [0, 0.1) is 0 Å². The third-order valence-electron chi connectivity index (χ3n) is 9.01. The van der Waals surface area contributed by atoms with Gasteiger partial charge in [-0.25, -0.2) is 8.42 Å². The van der Waals surface area contributed by atoms with Gasteiger partial charge in [-0.2, -0.15) is 4.98 Å². The van der Waals surface area contributed by atoms with Crippen LogP contribution < -0.4 is 13.8 Å². The summed E-state index contributed by atoms with van der Waals surface area (Å²) in [6, 6.07) is 17.6. The van der Waals surface area contributed by atoms with Gasteiger partial charge in [-0.1, -0.05) is 18.2 Å². The molecule has 0 bridgehead atoms. The maximum atomic E-state index is 14.4. The number of para-hydroxylation sites is 1. The Kier molecular flexibility index (Phi) is 8.29. The number of sulfonamides is 1. The molecule has 0 radical (unpaired) electrons. The zero-order chi connectivity index (χ0) is 29.3. The molecule has 2 aromatic heterocycles. The van der Waals surface area contributed by atoms with E-state index in [1.165, 1.54) is 57.3 Å². The van der Waals surface area contributed by atoms with E-state index in [2.05, 4.69) is 25.4 Å². The van der Waals surface area contributed by atoms with Gasteiger partial charge in [-0.05, 0) is 95.2 Å². The van der Waals surface area contributed by atoms with Crippen LogP contribution in [0.2, 0.25) is 0 Å². The summed E-state index contributed by atoms with van der Waals surface area (Å²) >= 11 is 0. The fraction of sp³-hybridized carbons (Fsp3) is 0.469. The first kappa shape index (κ1) is 28.8. The minimum atomic E-state index is -3.94. The van der Waals surface area contributed by atoms with Gasteiger partial charge in [-0.3, -0.25) is 4.31 Å². The zero-order valence-electron chi connectivity index (χ0n) is 24.8. The molecule has 0 amide bonds. The van der Waals surface area contributed by atoms with Gasteiger partial charge in [0.2, 0.25) is 11.8 Å². The molecule has 4 heterocycles. The normalized spacial score (nSPS) is 17.3. The Morgan fingerprint density at radius 2 is 1.64 bits per heavy atom. The van der Waals surface area contributed by atoms with E-state index >= 15 is 0 Å². The average Bonchev–Trinajstić information content (AvgIpc) is 3.66. The highest BCUT2D eigenvalue weighted by atomic mass is 32.2. The maximum absolute atomic E-state index is 14.4. The van der Waals surface area contributed by atoms with Gasteiger partial charge in [-0.15, -0.1) is 0 Å². The molecule has 0 N–H and O–H groups in total. The number of hydrogen-bond acceptors (Lipinski definition) is 7. The van der Waals surface area contributed by atoms with E-state index in [1.807, 2.05) is 31.3 Å². The molecule has 0 atom stereocenters. The lowest BCUT2D eigenvalue weighted by Crippen LogP contribution is -2.44. The molecule has 9 nitrogen and oxygen atoms in total. The number of ether oxygens (including phenoxy) is 2. The first-order chi connectivity index (χ1) is 20.4. The number of aryl methyl sites for hydroxylation is 1. The smallest absolute Gasteiger partial charge is 0.264 e. The highest BCUT2D eigenvalue weighted by molar-refractivity contribution is 7.92. The van der Waals surface area contributed by atoms with Crippen LogP contribution in [0.4, 0.5) is 5.69 Å². The molecule has 2 aliphatic heterocycles. The molecule has 10 heteroatoms. The van der Waals surface area contributed by atoms with Crippen LogP contribution in [-0.4, -0.2) is 87.3 Å². The van der Waals surface area contributed by atoms with Crippen molar-refractivity contribution in [2.24, 2.45) is 7.05 Å². The van der Waals surface area contributed by atoms with E-state index in [1.54, 1.807) is 24.3 Å². The van der Waals surface area contributed by atoms with Crippen LogP contribution in [0.1, 0.15) is 32.1 Å². The summed E-state index contributed by atoms with van der Waals surface area (Å²) in [4.78, 5) is 9.78. The van der Waals surface area contributed by atoms with Crippen molar-refractivity contribution < 1.29 is 17.9 Å².